The fourth-order valence-corrected chi connectivity index (χ4v) is 4.03. The highest BCUT2D eigenvalue weighted by Crippen LogP contribution is 2.27. The van der Waals surface area contributed by atoms with E-state index in [-0.39, 0.29) is 24.6 Å². The summed E-state index contributed by atoms with van der Waals surface area (Å²) >= 11 is 0. The summed E-state index contributed by atoms with van der Waals surface area (Å²) in [6.07, 6.45) is 4.27. The van der Waals surface area contributed by atoms with E-state index in [1.165, 1.54) is 26.7 Å². The minimum absolute atomic E-state index is 0.136. The van der Waals surface area contributed by atoms with Crippen LogP contribution < -0.4 is 16.6 Å². The van der Waals surface area contributed by atoms with Gasteiger partial charge in [-0.05, 0) is 61.9 Å². The highest BCUT2D eigenvalue weighted by Gasteiger charge is 2.17. The number of aryl methyl sites for hydroxylation is 1. The van der Waals surface area contributed by atoms with Crippen molar-refractivity contribution in [1.82, 2.24) is 9.13 Å². The summed E-state index contributed by atoms with van der Waals surface area (Å²) < 4.78 is 2.55. The first-order valence-corrected chi connectivity index (χ1v) is 9.73. The molecule has 0 atom stereocenters. The maximum absolute atomic E-state index is 12.8. The van der Waals surface area contributed by atoms with Gasteiger partial charge < -0.3 is 5.32 Å². The van der Waals surface area contributed by atoms with Crippen molar-refractivity contribution >= 4 is 22.5 Å². The summed E-state index contributed by atoms with van der Waals surface area (Å²) in [5.41, 5.74) is 2.99. The van der Waals surface area contributed by atoms with Gasteiger partial charge in [-0.25, -0.2) is 4.79 Å². The van der Waals surface area contributed by atoms with Crippen LogP contribution in [0.15, 0.2) is 52.1 Å². The molecule has 4 rings (SSSR count). The Hall–Kier alpha value is -3.15. The molecule has 28 heavy (non-hydrogen) atoms. The van der Waals surface area contributed by atoms with Gasteiger partial charge in [0.15, 0.2) is 0 Å². The van der Waals surface area contributed by atoms with E-state index in [1.54, 1.807) is 31.2 Å². The number of hydrogen-bond donors (Lipinski definition) is 1. The third-order valence-corrected chi connectivity index (χ3v) is 5.42. The Morgan fingerprint density at radius 1 is 1.00 bits per heavy atom. The number of benzene rings is 2. The second-order valence-corrected chi connectivity index (χ2v) is 7.13. The van der Waals surface area contributed by atoms with Crippen molar-refractivity contribution < 1.29 is 4.79 Å². The van der Waals surface area contributed by atoms with Crippen LogP contribution in [0, 0.1) is 0 Å². The molecule has 1 heterocycles. The molecule has 0 saturated heterocycles. The third-order valence-electron chi connectivity index (χ3n) is 5.42. The number of carbonyl (C=O) groups is 1. The van der Waals surface area contributed by atoms with Crippen molar-refractivity contribution in [1.29, 1.82) is 0 Å². The van der Waals surface area contributed by atoms with Crippen molar-refractivity contribution in [2.75, 3.05) is 5.32 Å². The molecule has 0 saturated carbocycles. The Morgan fingerprint density at radius 3 is 2.61 bits per heavy atom. The molecule has 1 aliphatic carbocycles. The van der Waals surface area contributed by atoms with Crippen molar-refractivity contribution in [2.24, 2.45) is 0 Å². The van der Waals surface area contributed by atoms with Gasteiger partial charge in [0.05, 0.1) is 10.9 Å². The maximum Gasteiger partial charge on any atom is 0.331 e. The van der Waals surface area contributed by atoms with Gasteiger partial charge in [-0.3, -0.25) is 18.7 Å². The number of para-hydroxylation sites is 1. The lowest BCUT2D eigenvalue weighted by atomic mass is 9.90. The predicted octanol–water partition coefficient (Wildman–Crippen LogP) is 2.70. The van der Waals surface area contributed by atoms with Crippen LogP contribution in [0.2, 0.25) is 0 Å². The van der Waals surface area contributed by atoms with E-state index in [0.29, 0.717) is 10.9 Å². The molecule has 6 nitrogen and oxygen atoms in total. The maximum atomic E-state index is 12.8. The van der Waals surface area contributed by atoms with Gasteiger partial charge >= 0.3 is 5.69 Å². The van der Waals surface area contributed by atoms with Crippen molar-refractivity contribution in [3.8, 4) is 0 Å². The van der Waals surface area contributed by atoms with Crippen LogP contribution in [0.3, 0.4) is 0 Å². The predicted molar refractivity (Wildman–Crippen MR) is 110 cm³/mol. The second kappa shape index (κ2) is 7.46. The summed E-state index contributed by atoms with van der Waals surface area (Å²) in [5.74, 6) is -0.271. The topological polar surface area (TPSA) is 73.1 Å². The zero-order chi connectivity index (χ0) is 19.7. The average molecular weight is 377 g/mol. The van der Waals surface area contributed by atoms with Crippen molar-refractivity contribution in [3.63, 3.8) is 0 Å². The molecule has 144 valence electrons. The van der Waals surface area contributed by atoms with Gasteiger partial charge in [-0.1, -0.05) is 24.3 Å². The highest BCUT2D eigenvalue weighted by atomic mass is 16.2. The SMILES string of the molecule is CCn1c(=O)c2ccccc2n(CC(=O)Nc2cccc3c2CCCC3)c1=O. The van der Waals surface area contributed by atoms with Crippen molar-refractivity contribution in [3.05, 3.63) is 74.4 Å². The molecule has 0 bridgehead atoms. The number of nitrogens with zero attached hydrogens (tertiary/aromatic N) is 2. The zero-order valence-electron chi connectivity index (χ0n) is 15.9. The number of nitrogens with one attached hydrogen (secondary N) is 1. The molecule has 6 heteroatoms. The molecule has 1 aromatic heterocycles. The van der Waals surface area contributed by atoms with Gasteiger partial charge in [0.25, 0.3) is 5.56 Å². The first-order chi connectivity index (χ1) is 13.6. The molecule has 2 aromatic carbocycles. The molecule has 1 aliphatic rings. The fourth-order valence-electron chi connectivity index (χ4n) is 4.03. The Bertz CT molecular complexity index is 1170. The number of aromatic nitrogens is 2. The van der Waals surface area contributed by atoms with Gasteiger partial charge in [0, 0.05) is 12.2 Å². The summed E-state index contributed by atoms with van der Waals surface area (Å²) in [7, 11) is 0. The van der Waals surface area contributed by atoms with Crippen LogP contribution in [-0.4, -0.2) is 15.0 Å². The minimum atomic E-state index is -0.462. The first-order valence-electron chi connectivity index (χ1n) is 9.73. The van der Waals surface area contributed by atoms with Crippen LogP contribution in [0.25, 0.3) is 10.9 Å². The highest BCUT2D eigenvalue weighted by molar-refractivity contribution is 5.92. The van der Waals surface area contributed by atoms with Crippen LogP contribution >= 0.6 is 0 Å². The lowest BCUT2D eigenvalue weighted by Gasteiger charge is -2.20. The van der Waals surface area contributed by atoms with E-state index >= 15 is 0 Å². The van der Waals surface area contributed by atoms with Gasteiger partial charge in [0.2, 0.25) is 5.91 Å². The molecule has 0 spiro atoms. The third kappa shape index (κ3) is 3.15. The van der Waals surface area contributed by atoms with Crippen LogP contribution in [-0.2, 0) is 30.7 Å². The number of anilines is 1. The average Bonchev–Trinajstić information content (AvgIpc) is 2.72. The molecule has 1 amide bonds. The summed E-state index contributed by atoms with van der Waals surface area (Å²) in [4.78, 5) is 38.1. The molecule has 3 aromatic rings. The Morgan fingerprint density at radius 2 is 1.79 bits per heavy atom. The molecule has 0 unspecified atom stereocenters. The van der Waals surface area contributed by atoms with Crippen LogP contribution in [0.1, 0.15) is 30.9 Å². The number of amides is 1. The number of fused-ring (bicyclic) bond motifs is 2. The van der Waals surface area contributed by atoms with Gasteiger partial charge in [-0.15, -0.1) is 0 Å². The van der Waals surface area contributed by atoms with Crippen LogP contribution in [0.5, 0.6) is 0 Å². The second-order valence-electron chi connectivity index (χ2n) is 7.13. The summed E-state index contributed by atoms with van der Waals surface area (Å²) in [5, 5.41) is 3.42. The quantitative estimate of drug-likeness (QED) is 0.760. The summed E-state index contributed by atoms with van der Waals surface area (Å²) in [6, 6.07) is 12.9. The number of hydrogen-bond acceptors (Lipinski definition) is 3. The molecular weight excluding hydrogens is 354 g/mol. The van der Waals surface area contributed by atoms with E-state index in [9.17, 15) is 14.4 Å². The molecular formula is C22H23N3O3. The number of rotatable bonds is 4. The van der Waals surface area contributed by atoms with E-state index in [1.807, 2.05) is 12.1 Å². The lowest BCUT2D eigenvalue weighted by Crippen LogP contribution is -2.41. The Labute approximate surface area is 162 Å². The Balaban J connectivity index is 1.70. The van der Waals surface area contributed by atoms with E-state index in [0.717, 1.165) is 24.9 Å². The van der Waals surface area contributed by atoms with E-state index in [4.69, 9.17) is 0 Å². The van der Waals surface area contributed by atoms with Crippen molar-refractivity contribution in [2.45, 2.75) is 45.7 Å². The standard InChI is InChI=1S/C22H23N3O3/c1-2-24-21(27)17-11-5-6-13-19(17)25(22(24)28)14-20(26)23-18-12-7-9-15-8-3-4-10-16(15)18/h5-7,9,11-13H,2-4,8,10,14H2,1H3,(H,23,26). The monoisotopic (exact) mass is 377 g/mol. The zero-order valence-corrected chi connectivity index (χ0v) is 15.9. The Kier molecular flexibility index (Phi) is 4.86. The molecule has 1 N–H and O–H groups in total. The van der Waals surface area contributed by atoms with E-state index < -0.39 is 5.69 Å². The lowest BCUT2D eigenvalue weighted by molar-refractivity contribution is -0.116. The minimum Gasteiger partial charge on any atom is -0.324 e. The van der Waals surface area contributed by atoms with E-state index in [2.05, 4.69) is 11.4 Å². The van der Waals surface area contributed by atoms with Crippen LogP contribution in [0.4, 0.5) is 5.69 Å². The molecule has 0 aliphatic heterocycles. The fraction of sp³-hybridized carbons (Fsp3) is 0.318. The largest absolute Gasteiger partial charge is 0.331 e. The molecule has 0 fully saturated rings. The summed E-state index contributed by atoms with van der Waals surface area (Å²) in [6.45, 7) is 1.87. The van der Waals surface area contributed by atoms with Gasteiger partial charge in [-0.2, -0.15) is 0 Å². The number of carbonyl (C=O) groups excluding carboxylic acids is 1. The smallest absolute Gasteiger partial charge is 0.324 e. The van der Waals surface area contributed by atoms with Gasteiger partial charge in [0.1, 0.15) is 6.54 Å². The first kappa shape index (κ1) is 18.2. The molecule has 0 radical (unpaired) electrons. The normalized spacial score (nSPS) is 13.3.